The molecule has 1 saturated heterocycles. The Labute approximate surface area is 194 Å². The molecule has 2 unspecified atom stereocenters. The van der Waals surface area contributed by atoms with Crippen molar-refractivity contribution in [1.29, 1.82) is 0 Å². The third-order valence-corrected chi connectivity index (χ3v) is 6.52. The number of hydrogen-bond donors (Lipinski definition) is 0. The molecule has 0 spiro atoms. The van der Waals surface area contributed by atoms with Gasteiger partial charge < -0.3 is 14.4 Å². The van der Waals surface area contributed by atoms with Crippen molar-refractivity contribution in [2.45, 2.75) is 38.8 Å². The molecule has 2 aliphatic rings. The minimum Gasteiger partial charge on any atom is -0.493 e. The Morgan fingerprint density at radius 1 is 1.06 bits per heavy atom. The molecule has 0 N–H and O–H groups in total. The summed E-state index contributed by atoms with van der Waals surface area (Å²) in [6.07, 6.45) is 1.04. The van der Waals surface area contributed by atoms with Gasteiger partial charge in [0.05, 0.1) is 32.0 Å². The van der Waals surface area contributed by atoms with Gasteiger partial charge in [0.25, 0.3) is 0 Å². The molecule has 0 bridgehead atoms. The summed E-state index contributed by atoms with van der Waals surface area (Å²) in [5, 5.41) is 12.6. The van der Waals surface area contributed by atoms with Crippen molar-refractivity contribution >= 4 is 5.71 Å². The van der Waals surface area contributed by atoms with Gasteiger partial charge in [0, 0.05) is 29.2 Å². The van der Waals surface area contributed by atoms with Crippen molar-refractivity contribution in [2.75, 3.05) is 33.9 Å². The largest absolute Gasteiger partial charge is 0.493 e. The summed E-state index contributed by atoms with van der Waals surface area (Å²) in [4.78, 5) is 9.25. The predicted octanol–water partition coefficient (Wildman–Crippen LogP) is 3.41. The van der Waals surface area contributed by atoms with E-state index in [1.165, 1.54) is 5.56 Å². The molecule has 2 atom stereocenters. The second-order valence-corrected chi connectivity index (χ2v) is 8.60. The number of benzene rings is 2. The molecule has 172 valence electrons. The summed E-state index contributed by atoms with van der Waals surface area (Å²) in [5.74, 6) is 2.52. The third-order valence-electron chi connectivity index (χ3n) is 6.52. The fourth-order valence-electron chi connectivity index (χ4n) is 4.81. The van der Waals surface area contributed by atoms with Crippen LogP contribution < -0.4 is 9.47 Å². The van der Waals surface area contributed by atoms with Crippen LogP contribution in [0.4, 0.5) is 0 Å². The second kappa shape index (κ2) is 8.94. The van der Waals surface area contributed by atoms with Gasteiger partial charge in [-0.2, -0.15) is 4.80 Å². The minimum atomic E-state index is 0.261. The van der Waals surface area contributed by atoms with Gasteiger partial charge in [-0.3, -0.25) is 4.99 Å². The lowest BCUT2D eigenvalue weighted by molar-refractivity contribution is 0.226. The lowest BCUT2D eigenvalue weighted by Gasteiger charge is -2.39. The molecule has 0 radical (unpaired) electrons. The van der Waals surface area contributed by atoms with Crippen LogP contribution in [0.15, 0.2) is 41.4 Å². The van der Waals surface area contributed by atoms with Gasteiger partial charge in [0.15, 0.2) is 11.5 Å². The molecule has 3 heterocycles. The number of aliphatic imine (C=N–C) groups is 1. The quantitative estimate of drug-likeness (QED) is 0.578. The molecule has 8 nitrogen and oxygen atoms in total. The van der Waals surface area contributed by atoms with Crippen LogP contribution in [0.3, 0.4) is 0 Å². The molecule has 1 aromatic heterocycles. The first-order valence-corrected chi connectivity index (χ1v) is 11.6. The molecule has 0 aliphatic carbocycles. The van der Waals surface area contributed by atoms with E-state index in [2.05, 4.69) is 51.6 Å². The summed E-state index contributed by atoms with van der Waals surface area (Å²) in [5.41, 5.74) is 5.43. The zero-order chi connectivity index (χ0) is 22.9. The standard InChI is InChI=1S/C25H30N6O2/c1-5-31-28-25(27-29-31)17-9-7-16(8-10-17)24-19-14-22(32-4)23(33-6-2)13-18(19)20-15-30(3)12-11-21(20)26-24/h7-10,13-14,20-21H,5-6,11-12,15H2,1-4H3. The van der Waals surface area contributed by atoms with Gasteiger partial charge in [0.1, 0.15) is 0 Å². The second-order valence-electron chi connectivity index (χ2n) is 8.60. The van der Waals surface area contributed by atoms with E-state index in [0.717, 1.165) is 53.4 Å². The van der Waals surface area contributed by atoms with E-state index in [1.807, 2.05) is 26.0 Å². The maximum absolute atomic E-state index is 5.92. The van der Waals surface area contributed by atoms with Crippen LogP contribution in [0.25, 0.3) is 11.4 Å². The number of aromatic nitrogens is 4. The highest BCUT2D eigenvalue weighted by atomic mass is 16.5. The van der Waals surface area contributed by atoms with Crippen molar-refractivity contribution in [3.63, 3.8) is 0 Å². The van der Waals surface area contributed by atoms with Crippen LogP contribution in [0, 0.1) is 0 Å². The number of hydrogen-bond acceptors (Lipinski definition) is 7. The number of ether oxygens (including phenoxy) is 2. The smallest absolute Gasteiger partial charge is 0.204 e. The van der Waals surface area contributed by atoms with E-state index in [9.17, 15) is 0 Å². The van der Waals surface area contributed by atoms with Crippen LogP contribution in [-0.2, 0) is 6.54 Å². The normalized spacial score (nSPS) is 20.1. The van der Waals surface area contributed by atoms with Gasteiger partial charge >= 0.3 is 0 Å². The topological polar surface area (TPSA) is 77.7 Å². The van der Waals surface area contributed by atoms with Crippen LogP contribution in [0.1, 0.15) is 42.9 Å². The molecular formula is C25H30N6O2. The Bertz CT molecular complexity index is 1170. The van der Waals surface area contributed by atoms with E-state index in [4.69, 9.17) is 14.5 Å². The predicted molar refractivity (Wildman–Crippen MR) is 127 cm³/mol. The summed E-state index contributed by atoms with van der Waals surface area (Å²) < 4.78 is 11.6. The average molecular weight is 447 g/mol. The van der Waals surface area contributed by atoms with Crippen molar-refractivity contribution in [2.24, 2.45) is 4.99 Å². The summed E-state index contributed by atoms with van der Waals surface area (Å²) >= 11 is 0. The number of tetrazole rings is 1. The number of fused-ring (bicyclic) bond motifs is 3. The zero-order valence-electron chi connectivity index (χ0n) is 19.7. The number of likely N-dealkylation sites (tertiary alicyclic amines) is 1. The Hall–Kier alpha value is -3.26. The molecule has 3 aromatic rings. The number of aryl methyl sites for hydroxylation is 1. The highest BCUT2D eigenvalue weighted by Crippen LogP contribution is 2.42. The first-order valence-electron chi connectivity index (χ1n) is 11.6. The van der Waals surface area contributed by atoms with Crippen molar-refractivity contribution < 1.29 is 9.47 Å². The Morgan fingerprint density at radius 3 is 2.55 bits per heavy atom. The lowest BCUT2D eigenvalue weighted by atomic mass is 9.79. The van der Waals surface area contributed by atoms with Crippen LogP contribution in [0.2, 0.25) is 0 Å². The Kier molecular flexibility index (Phi) is 5.85. The molecule has 5 rings (SSSR count). The maximum atomic E-state index is 5.92. The molecule has 1 fully saturated rings. The molecule has 2 aromatic carbocycles. The number of rotatable bonds is 6. The SMILES string of the molecule is CCOc1cc2c(cc1OC)C(c1ccc(-c3nnn(CC)n3)cc1)=NC1CCN(C)CC21. The van der Waals surface area contributed by atoms with E-state index in [0.29, 0.717) is 24.9 Å². The Morgan fingerprint density at radius 2 is 1.85 bits per heavy atom. The first-order chi connectivity index (χ1) is 16.1. The number of methoxy groups -OCH3 is 1. The molecular weight excluding hydrogens is 416 g/mol. The lowest BCUT2D eigenvalue weighted by Crippen LogP contribution is -2.41. The number of piperidine rings is 1. The van der Waals surface area contributed by atoms with Gasteiger partial charge in [0.2, 0.25) is 5.82 Å². The highest BCUT2D eigenvalue weighted by molar-refractivity contribution is 6.15. The fourth-order valence-corrected chi connectivity index (χ4v) is 4.81. The van der Waals surface area contributed by atoms with Crippen LogP contribution in [0.5, 0.6) is 11.5 Å². The van der Waals surface area contributed by atoms with Gasteiger partial charge in [-0.1, -0.05) is 24.3 Å². The van der Waals surface area contributed by atoms with Crippen LogP contribution >= 0.6 is 0 Å². The van der Waals surface area contributed by atoms with Crippen LogP contribution in [-0.4, -0.2) is 70.7 Å². The van der Waals surface area contributed by atoms with E-state index in [-0.39, 0.29) is 6.04 Å². The molecule has 8 heteroatoms. The monoisotopic (exact) mass is 446 g/mol. The van der Waals surface area contributed by atoms with Gasteiger partial charge in [-0.25, -0.2) is 0 Å². The van der Waals surface area contributed by atoms with E-state index in [1.54, 1.807) is 11.9 Å². The average Bonchev–Trinajstić information content (AvgIpc) is 3.33. The number of likely N-dealkylation sites (N-methyl/N-ethyl adjacent to an activating group) is 1. The van der Waals surface area contributed by atoms with Gasteiger partial charge in [-0.15, -0.1) is 10.2 Å². The third kappa shape index (κ3) is 3.99. The summed E-state index contributed by atoms with van der Waals surface area (Å²) in [6, 6.07) is 12.8. The molecule has 0 saturated carbocycles. The van der Waals surface area contributed by atoms with E-state index >= 15 is 0 Å². The molecule has 2 aliphatic heterocycles. The van der Waals surface area contributed by atoms with E-state index < -0.39 is 0 Å². The van der Waals surface area contributed by atoms with Crippen molar-refractivity contribution in [3.05, 3.63) is 53.1 Å². The van der Waals surface area contributed by atoms with Crippen molar-refractivity contribution in [3.8, 4) is 22.9 Å². The summed E-state index contributed by atoms with van der Waals surface area (Å²) in [7, 11) is 3.87. The van der Waals surface area contributed by atoms with Crippen molar-refractivity contribution in [1.82, 2.24) is 25.1 Å². The highest BCUT2D eigenvalue weighted by Gasteiger charge is 2.36. The zero-order valence-corrected chi connectivity index (χ0v) is 19.7. The first kappa shape index (κ1) is 21.6. The fraction of sp³-hybridized carbons (Fsp3) is 0.440. The minimum absolute atomic E-state index is 0.261. The maximum Gasteiger partial charge on any atom is 0.204 e. The molecule has 33 heavy (non-hydrogen) atoms. The number of nitrogens with zero attached hydrogens (tertiary/aromatic N) is 6. The Balaban J connectivity index is 1.57. The summed E-state index contributed by atoms with van der Waals surface area (Å²) in [6.45, 7) is 7.33. The molecule has 0 amide bonds. The van der Waals surface area contributed by atoms with Gasteiger partial charge in [-0.05, 0) is 56.8 Å².